The highest BCUT2D eigenvalue weighted by molar-refractivity contribution is 6.04. The van der Waals surface area contributed by atoms with Gasteiger partial charge < -0.3 is 10.1 Å². The Labute approximate surface area is 222 Å². The summed E-state index contributed by atoms with van der Waals surface area (Å²) in [5.41, 5.74) is 3.32. The van der Waals surface area contributed by atoms with E-state index in [1.165, 1.54) is 18.2 Å². The van der Waals surface area contributed by atoms with Gasteiger partial charge in [-0.15, -0.1) is 0 Å². The van der Waals surface area contributed by atoms with Crippen LogP contribution in [0.2, 0.25) is 0 Å². The third-order valence-electron chi connectivity index (χ3n) is 6.19. The number of non-ortho nitro benzene ring substituents is 1. The molecule has 0 spiro atoms. The lowest BCUT2D eigenvalue weighted by Crippen LogP contribution is -2.13. The number of alkyl halides is 3. The number of carbonyl (C=O) groups excluding carboxylic acids is 1. The van der Waals surface area contributed by atoms with Crippen molar-refractivity contribution in [1.82, 2.24) is 9.78 Å². The summed E-state index contributed by atoms with van der Waals surface area (Å²) in [6.45, 7) is 5.54. The number of benzene rings is 3. The highest BCUT2D eigenvalue weighted by atomic mass is 19.4. The van der Waals surface area contributed by atoms with Crippen LogP contribution in [0.15, 0.2) is 66.7 Å². The maximum absolute atomic E-state index is 12.9. The minimum Gasteiger partial charge on any atom is -0.489 e. The van der Waals surface area contributed by atoms with Gasteiger partial charge in [-0.2, -0.15) is 18.3 Å². The zero-order chi connectivity index (χ0) is 28.3. The van der Waals surface area contributed by atoms with Gasteiger partial charge in [-0.05, 0) is 67.8 Å². The Morgan fingerprint density at radius 1 is 1.03 bits per heavy atom. The lowest BCUT2D eigenvalue weighted by Gasteiger charge is -2.13. The predicted molar refractivity (Wildman–Crippen MR) is 139 cm³/mol. The molecule has 0 atom stereocenters. The van der Waals surface area contributed by atoms with Crippen molar-refractivity contribution in [3.63, 3.8) is 0 Å². The normalized spacial score (nSPS) is 11.3. The Hall–Kier alpha value is -4.67. The maximum atomic E-state index is 12.9. The van der Waals surface area contributed by atoms with Crippen LogP contribution in [0.3, 0.4) is 0 Å². The minimum absolute atomic E-state index is 0.00843. The van der Waals surface area contributed by atoms with E-state index in [0.717, 1.165) is 17.7 Å². The van der Waals surface area contributed by atoms with Gasteiger partial charge in [-0.25, -0.2) is 0 Å². The van der Waals surface area contributed by atoms with E-state index < -0.39 is 16.7 Å². The third-order valence-corrected chi connectivity index (χ3v) is 6.19. The fourth-order valence-corrected chi connectivity index (χ4v) is 4.06. The number of nitrogens with zero attached hydrogens (tertiary/aromatic N) is 3. The fourth-order valence-electron chi connectivity index (χ4n) is 4.06. The molecule has 0 radical (unpaired) electrons. The highest BCUT2D eigenvalue weighted by Crippen LogP contribution is 2.32. The summed E-state index contributed by atoms with van der Waals surface area (Å²) in [7, 11) is 0. The van der Waals surface area contributed by atoms with Crippen molar-refractivity contribution in [2.24, 2.45) is 0 Å². The maximum Gasteiger partial charge on any atom is 0.416 e. The summed E-state index contributed by atoms with van der Waals surface area (Å²) in [5.74, 6) is 0.0000379. The van der Waals surface area contributed by atoms with Gasteiger partial charge in [-0.3, -0.25) is 19.6 Å². The second kappa shape index (κ2) is 11.0. The molecule has 0 aliphatic carbocycles. The molecule has 4 rings (SSSR count). The number of ether oxygens (including phenoxy) is 1. The van der Waals surface area contributed by atoms with Gasteiger partial charge >= 0.3 is 6.18 Å². The van der Waals surface area contributed by atoms with Gasteiger partial charge in [0, 0.05) is 17.7 Å². The number of anilines is 1. The largest absolute Gasteiger partial charge is 0.489 e. The summed E-state index contributed by atoms with van der Waals surface area (Å²) in [6.07, 6.45) is -4.42. The third kappa shape index (κ3) is 6.43. The predicted octanol–water partition coefficient (Wildman–Crippen LogP) is 6.61. The molecule has 0 aliphatic rings. The number of amides is 1. The Morgan fingerprint density at radius 3 is 2.38 bits per heavy atom. The van der Waals surface area contributed by atoms with Crippen molar-refractivity contribution < 1.29 is 27.6 Å². The molecule has 8 nitrogen and oxygen atoms in total. The lowest BCUT2D eigenvalue weighted by atomic mass is 10.1. The molecule has 202 valence electrons. The zero-order valence-electron chi connectivity index (χ0n) is 21.4. The van der Waals surface area contributed by atoms with Crippen LogP contribution in [0.25, 0.3) is 0 Å². The zero-order valence-corrected chi connectivity index (χ0v) is 21.4. The smallest absolute Gasteiger partial charge is 0.416 e. The summed E-state index contributed by atoms with van der Waals surface area (Å²) >= 11 is 0. The number of halogens is 3. The molecule has 1 N–H and O–H groups in total. The molecule has 0 saturated carbocycles. The van der Waals surface area contributed by atoms with Crippen LogP contribution in [-0.4, -0.2) is 20.6 Å². The van der Waals surface area contributed by atoms with E-state index in [0.29, 0.717) is 46.1 Å². The number of nitro groups is 1. The summed E-state index contributed by atoms with van der Waals surface area (Å²) < 4.78 is 45.9. The van der Waals surface area contributed by atoms with E-state index >= 15 is 0 Å². The first-order chi connectivity index (χ1) is 18.4. The van der Waals surface area contributed by atoms with E-state index in [-0.39, 0.29) is 18.2 Å². The summed E-state index contributed by atoms with van der Waals surface area (Å²) in [5, 5.41) is 18.4. The van der Waals surface area contributed by atoms with Gasteiger partial charge in [0.2, 0.25) is 0 Å². The van der Waals surface area contributed by atoms with Crippen molar-refractivity contribution >= 4 is 17.3 Å². The molecule has 0 aliphatic heterocycles. The van der Waals surface area contributed by atoms with E-state index in [9.17, 15) is 28.1 Å². The first-order valence-corrected chi connectivity index (χ1v) is 11.9. The molecule has 0 saturated heterocycles. The first kappa shape index (κ1) is 27.4. The van der Waals surface area contributed by atoms with Crippen LogP contribution in [0.5, 0.6) is 5.75 Å². The SMILES string of the molecule is Cc1cc(C(F)(F)F)ccc1OCc1ccc(C(=O)Nc2c(C)nn(Cc3cccc([N+](=O)[O-])c3)c2C)cc1. The van der Waals surface area contributed by atoms with E-state index in [1.54, 1.807) is 61.9 Å². The molecule has 0 unspecified atom stereocenters. The fraction of sp³-hybridized carbons (Fsp3) is 0.214. The van der Waals surface area contributed by atoms with Crippen LogP contribution in [0.4, 0.5) is 24.5 Å². The number of aromatic nitrogens is 2. The Morgan fingerprint density at radius 2 is 1.74 bits per heavy atom. The van der Waals surface area contributed by atoms with Crippen LogP contribution in [0, 0.1) is 30.9 Å². The van der Waals surface area contributed by atoms with E-state index in [2.05, 4.69) is 10.4 Å². The van der Waals surface area contributed by atoms with Crippen LogP contribution < -0.4 is 10.1 Å². The molecular weight excluding hydrogens is 513 g/mol. The molecule has 0 bridgehead atoms. The van der Waals surface area contributed by atoms with Crippen LogP contribution in [-0.2, 0) is 19.3 Å². The van der Waals surface area contributed by atoms with Crippen molar-refractivity contribution in [1.29, 1.82) is 0 Å². The quantitative estimate of drug-likeness (QED) is 0.201. The highest BCUT2D eigenvalue weighted by Gasteiger charge is 2.30. The minimum atomic E-state index is -4.42. The topological polar surface area (TPSA) is 99.3 Å². The Balaban J connectivity index is 1.40. The van der Waals surface area contributed by atoms with Crippen molar-refractivity contribution in [3.8, 4) is 5.75 Å². The summed E-state index contributed by atoms with van der Waals surface area (Å²) in [4.78, 5) is 23.5. The lowest BCUT2D eigenvalue weighted by molar-refractivity contribution is -0.384. The molecule has 11 heteroatoms. The number of aryl methyl sites for hydroxylation is 2. The number of hydrogen-bond acceptors (Lipinski definition) is 5. The number of hydrogen-bond donors (Lipinski definition) is 1. The van der Waals surface area contributed by atoms with E-state index in [4.69, 9.17) is 4.74 Å². The average molecular weight is 539 g/mol. The number of carbonyl (C=O) groups is 1. The van der Waals surface area contributed by atoms with Crippen molar-refractivity contribution in [2.75, 3.05) is 5.32 Å². The molecule has 4 aromatic rings. The monoisotopic (exact) mass is 538 g/mol. The molecule has 0 fully saturated rings. The van der Waals surface area contributed by atoms with Crippen LogP contribution in [0.1, 0.15) is 44.0 Å². The molecule has 1 heterocycles. The second-order valence-corrected chi connectivity index (χ2v) is 9.05. The number of nitro benzene ring substituents is 1. The van der Waals surface area contributed by atoms with Gasteiger partial charge in [0.1, 0.15) is 12.4 Å². The van der Waals surface area contributed by atoms with Gasteiger partial charge in [-0.1, -0.05) is 24.3 Å². The second-order valence-electron chi connectivity index (χ2n) is 9.05. The Kier molecular flexibility index (Phi) is 7.70. The number of rotatable bonds is 8. The van der Waals surface area contributed by atoms with Crippen molar-refractivity contribution in [3.05, 3.63) is 116 Å². The van der Waals surface area contributed by atoms with Crippen molar-refractivity contribution in [2.45, 2.75) is 40.1 Å². The average Bonchev–Trinajstić information content (AvgIpc) is 3.15. The standard InChI is InChI=1S/C28H25F3N4O4/c1-17-13-23(28(29,30)31)11-12-25(17)39-16-20-7-9-22(10-8-20)27(36)32-26-18(2)33-34(19(26)3)15-21-5-4-6-24(14-21)35(37)38/h4-14H,15-16H2,1-3H3,(H,32,36). The first-order valence-electron chi connectivity index (χ1n) is 11.9. The van der Waals surface area contributed by atoms with Crippen LogP contribution >= 0.6 is 0 Å². The van der Waals surface area contributed by atoms with Gasteiger partial charge in [0.25, 0.3) is 11.6 Å². The van der Waals surface area contributed by atoms with Gasteiger partial charge in [0.15, 0.2) is 0 Å². The molecule has 1 amide bonds. The molecular formula is C28H25F3N4O4. The summed E-state index contributed by atoms with van der Waals surface area (Å²) in [6, 6.07) is 16.3. The number of nitrogens with one attached hydrogen (secondary N) is 1. The Bertz CT molecular complexity index is 1530. The van der Waals surface area contributed by atoms with Gasteiger partial charge in [0.05, 0.1) is 34.1 Å². The molecule has 39 heavy (non-hydrogen) atoms. The molecule has 3 aromatic carbocycles. The van der Waals surface area contributed by atoms with E-state index in [1.807, 2.05) is 0 Å². The molecule has 1 aromatic heterocycles.